The largest absolute Gasteiger partial charge is 0.444 e. The Morgan fingerprint density at radius 2 is 1.62 bits per heavy atom. The molecule has 0 saturated carbocycles. The summed E-state index contributed by atoms with van der Waals surface area (Å²) in [6, 6.07) is -0.380. The summed E-state index contributed by atoms with van der Waals surface area (Å²) in [4.78, 5) is 41.2. The fourth-order valence-electron chi connectivity index (χ4n) is 4.25. The lowest BCUT2D eigenvalue weighted by Crippen LogP contribution is -2.56. The van der Waals surface area contributed by atoms with E-state index in [1.54, 1.807) is 4.90 Å². The lowest BCUT2D eigenvalue weighted by molar-refractivity contribution is -0.141. The molecule has 2 atom stereocenters. The quantitative estimate of drug-likeness (QED) is 0.533. The van der Waals surface area contributed by atoms with E-state index in [2.05, 4.69) is 12.2 Å². The highest BCUT2D eigenvalue weighted by molar-refractivity contribution is 5.89. The minimum Gasteiger partial charge on any atom is -0.444 e. The number of carbonyl (C=O) groups is 3. The van der Waals surface area contributed by atoms with Gasteiger partial charge in [-0.1, -0.05) is 20.8 Å². The molecule has 0 aromatic rings. The highest BCUT2D eigenvalue weighted by Gasteiger charge is 2.38. The molecule has 2 unspecified atom stereocenters. The molecule has 9 heteroatoms. The number of piperidine rings is 1. The van der Waals surface area contributed by atoms with Crippen LogP contribution in [0.4, 0.5) is 4.79 Å². The van der Waals surface area contributed by atoms with E-state index >= 15 is 0 Å². The molecule has 0 aromatic heterocycles. The van der Waals surface area contributed by atoms with Crippen LogP contribution in [0.25, 0.3) is 0 Å². The first-order valence-electron chi connectivity index (χ1n) is 12.5. The second-order valence-corrected chi connectivity index (χ2v) is 11.5. The van der Waals surface area contributed by atoms with Gasteiger partial charge in [0.2, 0.25) is 11.8 Å². The molecule has 0 radical (unpaired) electrons. The van der Waals surface area contributed by atoms with Crippen molar-refractivity contribution in [1.82, 2.24) is 15.1 Å². The monoisotopic (exact) mass is 483 g/mol. The van der Waals surface area contributed by atoms with Gasteiger partial charge >= 0.3 is 6.09 Å². The molecule has 196 valence electrons. The highest BCUT2D eigenvalue weighted by Crippen LogP contribution is 2.25. The average molecular weight is 484 g/mol. The van der Waals surface area contributed by atoms with Crippen LogP contribution in [0.15, 0.2) is 0 Å². The summed E-state index contributed by atoms with van der Waals surface area (Å²) in [7, 11) is 0. The predicted molar refractivity (Wildman–Crippen MR) is 129 cm³/mol. The van der Waals surface area contributed by atoms with Gasteiger partial charge in [0.15, 0.2) is 0 Å². The Morgan fingerprint density at radius 3 is 2.15 bits per heavy atom. The Bertz CT molecular complexity index is 692. The molecule has 2 fully saturated rings. The van der Waals surface area contributed by atoms with Crippen LogP contribution in [-0.2, 0) is 23.8 Å². The van der Waals surface area contributed by atoms with Crippen LogP contribution in [0.2, 0.25) is 0 Å². The molecule has 2 saturated heterocycles. The SMILES string of the molecule is CC1CCCN1C(=O)C(NC(=O)COCCOC1CCN(C(=O)OC(C)(C)C)CC1)C(C)(C)C. The molecular formula is C25H45N3O6. The zero-order valence-electron chi connectivity index (χ0n) is 22.1. The third-order valence-corrected chi connectivity index (χ3v) is 6.16. The van der Waals surface area contributed by atoms with Gasteiger partial charge in [0, 0.05) is 25.7 Å². The third-order valence-electron chi connectivity index (χ3n) is 6.16. The Balaban J connectivity index is 1.65. The van der Waals surface area contributed by atoms with Gasteiger partial charge in [-0.2, -0.15) is 0 Å². The lowest BCUT2D eigenvalue weighted by atomic mass is 9.85. The summed E-state index contributed by atoms with van der Waals surface area (Å²) in [5.41, 5.74) is -0.896. The summed E-state index contributed by atoms with van der Waals surface area (Å²) < 4.78 is 16.8. The number of nitrogens with zero attached hydrogens (tertiary/aromatic N) is 2. The topological polar surface area (TPSA) is 97.4 Å². The summed E-state index contributed by atoms with van der Waals surface area (Å²) in [5, 5.41) is 2.88. The molecule has 2 rings (SSSR count). The number of nitrogens with one attached hydrogen (secondary N) is 1. The van der Waals surface area contributed by atoms with Gasteiger partial charge < -0.3 is 29.3 Å². The smallest absolute Gasteiger partial charge is 0.410 e. The van der Waals surface area contributed by atoms with Gasteiger partial charge in [-0.3, -0.25) is 9.59 Å². The number of hydrogen-bond acceptors (Lipinski definition) is 6. The van der Waals surface area contributed by atoms with Gasteiger partial charge in [0.1, 0.15) is 18.2 Å². The Hall–Kier alpha value is -1.87. The molecule has 1 N–H and O–H groups in total. The second kappa shape index (κ2) is 12.2. The molecule has 34 heavy (non-hydrogen) atoms. The van der Waals surface area contributed by atoms with Crippen LogP contribution in [0.3, 0.4) is 0 Å². The molecule has 0 spiro atoms. The molecular weight excluding hydrogens is 438 g/mol. The lowest BCUT2D eigenvalue weighted by Gasteiger charge is -2.35. The first-order chi connectivity index (χ1) is 15.8. The zero-order chi connectivity index (χ0) is 25.5. The van der Waals surface area contributed by atoms with E-state index < -0.39 is 17.1 Å². The first-order valence-corrected chi connectivity index (χ1v) is 12.5. The standard InChI is InChI=1S/C25H45N3O6/c1-18-9-8-12-28(18)22(30)21(24(2,3)4)26-20(29)17-32-15-16-33-19-10-13-27(14-11-19)23(31)34-25(5,6)7/h18-19,21H,8-17H2,1-7H3,(H,26,29). The van der Waals surface area contributed by atoms with Crippen molar-refractivity contribution in [2.45, 2.75) is 97.9 Å². The summed E-state index contributed by atoms with van der Waals surface area (Å²) in [6.45, 7) is 16.0. The minimum atomic E-state index is -0.587. The van der Waals surface area contributed by atoms with Crippen LogP contribution in [0, 0.1) is 5.41 Å². The van der Waals surface area contributed by atoms with E-state index in [-0.39, 0.29) is 43.3 Å². The van der Waals surface area contributed by atoms with Crippen molar-refractivity contribution in [3.8, 4) is 0 Å². The van der Waals surface area contributed by atoms with E-state index in [1.807, 2.05) is 46.4 Å². The van der Waals surface area contributed by atoms with E-state index in [9.17, 15) is 14.4 Å². The van der Waals surface area contributed by atoms with E-state index in [0.29, 0.717) is 19.7 Å². The molecule has 9 nitrogen and oxygen atoms in total. The molecule has 2 aliphatic rings. The average Bonchev–Trinajstić information content (AvgIpc) is 3.15. The maximum atomic E-state index is 13.0. The first kappa shape index (κ1) is 28.4. The number of likely N-dealkylation sites (tertiary alicyclic amines) is 2. The van der Waals surface area contributed by atoms with Crippen LogP contribution in [-0.4, -0.2) is 91.0 Å². The maximum absolute atomic E-state index is 13.0. The second-order valence-electron chi connectivity index (χ2n) is 11.5. The highest BCUT2D eigenvalue weighted by atomic mass is 16.6. The molecule has 2 heterocycles. The number of amides is 3. The predicted octanol–water partition coefficient (Wildman–Crippen LogP) is 2.96. The number of ether oxygens (including phenoxy) is 3. The molecule has 2 aliphatic heterocycles. The minimum absolute atomic E-state index is 0.0214. The van der Waals surface area contributed by atoms with E-state index in [1.165, 1.54) is 0 Å². The van der Waals surface area contributed by atoms with Crippen molar-refractivity contribution >= 4 is 17.9 Å². The normalized spacial score (nSPS) is 20.9. The Labute approximate surface area is 204 Å². The van der Waals surface area contributed by atoms with Gasteiger partial charge in [0.05, 0.1) is 19.3 Å². The summed E-state index contributed by atoms with van der Waals surface area (Å²) in [6.07, 6.45) is 3.25. The van der Waals surface area contributed by atoms with Gasteiger partial charge in [-0.05, 0) is 58.8 Å². The molecule has 0 aliphatic carbocycles. The maximum Gasteiger partial charge on any atom is 0.410 e. The van der Waals surface area contributed by atoms with Gasteiger partial charge in [0.25, 0.3) is 0 Å². The fraction of sp³-hybridized carbons (Fsp3) is 0.880. The Morgan fingerprint density at radius 1 is 0.971 bits per heavy atom. The summed E-state index contributed by atoms with van der Waals surface area (Å²) in [5.74, 6) is -0.322. The van der Waals surface area contributed by atoms with Crippen molar-refractivity contribution in [1.29, 1.82) is 0 Å². The molecule has 0 bridgehead atoms. The third kappa shape index (κ3) is 9.06. The fourth-order valence-corrected chi connectivity index (χ4v) is 4.25. The van der Waals surface area contributed by atoms with E-state index in [0.717, 1.165) is 32.2 Å². The van der Waals surface area contributed by atoms with Gasteiger partial charge in [-0.25, -0.2) is 4.79 Å². The number of carbonyl (C=O) groups excluding carboxylic acids is 3. The number of rotatable bonds is 8. The van der Waals surface area contributed by atoms with Crippen LogP contribution < -0.4 is 5.32 Å². The molecule has 3 amide bonds. The van der Waals surface area contributed by atoms with Crippen LogP contribution in [0.1, 0.15) is 74.1 Å². The van der Waals surface area contributed by atoms with Crippen molar-refractivity contribution in [3.63, 3.8) is 0 Å². The summed E-state index contributed by atoms with van der Waals surface area (Å²) >= 11 is 0. The van der Waals surface area contributed by atoms with Crippen LogP contribution >= 0.6 is 0 Å². The van der Waals surface area contributed by atoms with Crippen molar-refractivity contribution in [3.05, 3.63) is 0 Å². The van der Waals surface area contributed by atoms with Crippen molar-refractivity contribution < 1.29 is 28.6 Å². The van der Waals surface area contributed by atoms with Gasteiger partial charge in [-0.15, -0.1) is 0 Å². The van der Waals surface area contributed by atoms with Crippen LogP contribution in [0.5, 0.6) is 0 Å². The van der Waals surface area contributed by atoms with Crippen molar-refractivity contribution in [2.24, 2.45) is 5.41 Å². The van der Waals surface area contributed by atoms with E-state index in [4.69, 9.17) is 14.2 Å². The number of hydrogen-bond donors (Lipinski definition) is 1. The Kier molecular flexibility index (Phi) is 10.2. The van der Waals surface area contributed by atoms with Crippen molar-refractivity contribution in [2.75, 3.05) is 39.5 Å². The zero-order valence-corrected chi connectivity index (χ0v) is 22.1. The molecule has 0 aromatic carbocycles.